The maximum absolute atomic E-state index is 10.7. The van der Waals surface area contributed by atoms with Crippen LogP contribution in [0.5, 0.6) is 5.75 Å². The van der Waals surface area contributed by atoms with Crippen molar-refractivity contribution >= 4 is 0 Å². The third kappa shape index (κ3) is 1.95. The smallest absolute Gasteiger partial charge is 0.128 e. The van der Waals surface area contributed by atoms with Crippen molar-refractivity contribution in [2.24, 2.45) is 5.92 Å². The fourth-order valence-electron chi connectivity index (χ4n) is 3.01. The van der Waals surface area contributed by atoms with Crippen LogP contribution in [-0.4, -0.2) is 11.7 Å². The van der Waals surface area contributed by atoms with E-state index in [1.807, 2.05) is 19.1 Å². The summed E-state index contributed by atoms with van der Waals surface area (Å²) < 4.78 is 5.69. The lowest BCUT2D eigenvalue weighted by Gasteiger charge is -2.34. The minimum absolute atomic E-state index is 0.697. The standard InChI is InChI=1S/C15H20O2/c1-15(16,10-11-4-2-5-11)13-7-3-6-12-8-9-17-14(12)13/h3,6-7,11,16H,2,4-5,8-10H2,1H3. The molecule has 3 rings (SSSR count). The number of ether oxygens (including phenoxy) is 1. The Morgan fingerprint density at radius 3 is 2.94 bits per heavy atom. The summed E-state index contributed by atoms with van der Waals surface area (Å²) in [4.78, 5) is 0. The highest BCUT2D eigenvalue weighted by molar-refractivity contribution is 5.46. The first-order chi connectivity index (χ1) is 8.17. The summed E-state index contributed by atoms with van der Waals surface area (Å²) in [5.41, 5.74) is 1.50. The van der Waals surface area contributed by atoms with Gasteiger partial charge in [-0.1, -0.05) is 37.5 Å². The van der Waals surface area contributed by atoms with E-state index in [-0.39, 0.29) is 0 Å². The van der Waals surface area contributed by atoms with Gasteiger partial charge in [0.1, 0.15) is 5.75 Å². The summed E-state index contributed by atoms with van der Waals surface area (Å²) in [6.45, 7) is 2.69. The Morgan fingerprint density at radius 1 is 1.41 bits per heavy atom. The van der Waals surface area contributed by atoms with Gasteiger partial charge >= 0.3 is 0 Å². The number of para-hydroxylation sites is 1. The molecule has 0 spiro atoms. The summed E-state index contributed by atoms with van der Waals surface area (Å²) >= 11 is 0. The Labute approximate surface area is 103 Å². The summed E-state index contributed by atoms with van der Waals surface area (Å²) in [6.07, 6.45) is 5.71. The zero-order valence-electron chi connectivity index (χ0n) is 10.4. The molecule has 0 aromatic heterocycles. The molecule has 17 heavy (non-hydrogen) atoms. The molecule has 1 aliphatic carbocycles. The van der Waals surface area contributed by atoms with Crippen LogP contribution < -0.4 is 4.74 Å². The molecule has 1 fully saturated rings. The van der Waals surface area contributed by atoms with Crippen LogP contribution >= 0.6 is 0 Å². The number of benzene rings is 1. The van der Waals surface area contributed by atoms with Gasteiger partial charge in [0.2, 0.25) is 0 Å². The number of aliphatic hydroxyl groups is 1. The molecule has 92 valence electrons. The molecule has 1 atom stereocenters. The second-order valence-electron chi connectivity index (χ2n) is 5.67. The first-order valence-corrected chi connectivity index (χ1v) is 6.64. The zero-order valence-corrected chi connectivity index (χ0v) is 10.4. The van der Waals surface area contributed by atoms with Crippen molar-refractivity contribution in [1.29, 1.82) is 0 Å². The summed E-state index contributed by atoms with van der Waals surface area (Å²) in [6, 6.07) is 6.16. The maximum atomic E-state index is 10.7. The SMILES string of the molecule is CC(O)(CC1CCC1)c1cccc2c1OCC2. The first-order valence-electron chi connectivity index (χ1n) is 6.64. The normalized spacial score (nSPS) is 22.5. The van der Waals surface area contributed by atoms with Crippen LogP contribution in [0.2, 0.25) is 0 Å². The van der Waals surface area contributed by atoms with Gasteiger partial charge in [0, 0.05) is 12.0 Å². The predicted octanol–water partition coefficient (Wildman–Crippen LogP) is 3.02. The van der Waals surface area contributed by atoms with Gasteiger partial charge in [0.15, 0.2) is 0 Å². The van der Waals surface area contributed by atoms with Crippen LogP contribution in [0.1, 0.15) is 43.7 Å². The molecule has 1 unspecified atom stereocenters. The minimum atomic E-state index is -0.735. The van der Waals surface area contributed by atoms with E-state index in [9.17, 15) is 5.11 Å². The molecule has 0 radical (unpaired) electrons. The van der Waals surface area contributed by atoms with Crippen LogP contribution in [0.3, 0.4) is 0 Å². The molecule has 0 saturated heterocycles. The van der Waals surface area contributed by atoms with E-state index < -0.39 is 5.60 Å². The fourth-order valence-corrected chi connectivity index (χ4v) is 3.01. The molecule has 1 aromatic carbocycles. The molecule has 0 bridgehead atoms. The number of rotatable bonds is 3. The van der Waals surface area contributed by atoms with Crippen molar-refractivity contribution < 1.29 is 9.84 Å². The summed E-state index contributed by atoms with van der Waals surface area (Å²) in [5, 5.41) is 10.7. The molecule has 2 aliphatic rings. The quantitative estimate of drug-likeness (QED) is 0.868. The monoisotopic (exact) mass is 232 g/mol. The molecule has 2 nitrogen and oxygen atoms in total. The van der Waals surface area contributed by atoms with Crippen LogP contribution in [0, 0.1) is 5.92 Å². The summed E-state index contributed by atoms with van der Waals surface area (Å²) in [5.74, 6) is 1.64. The highest BCUT2D eigenvalue weighted by Crippen LogP contribution is 2.42. The van der Waals surface area contributed by atoms with Gasteiger partial charge in [0.05, 0.1) is 12.2 Å². The van der Waals surface area contributed by atoms with E-state index in [1.165, 1.54) is 24.8 Å². The van der Waals surface area contributed by atoms with Gasteiger partial charge < -0.3 is 9.84 Å². The number of hydrogen-bond donors (Lipinski definition) is 1. The molecular weight excluding hydrogens is 212 g/mol. The van der Waals surface area contributed by atoms with E-state index >= 15 is 0 Å². The first kappa shape index (κ1) is 11.1. The van der Waals surface area contributed by atoms with Gasteiger partial charge in [-0.25, -0.2) is 0 Å². The lowest BCUT2D eigenvalue weighted by atomic mass is 9.75. The Hall–Kier alpha value is -1.02. The molecule has 2 heteroatoms. The lowest BCUT2D eigenvalue weighted by molar-refractivity contribution is 0.0142. The van der Waals surface area contributed by atoms with E-state index in [0.717, 1.165) is 30.8 Å². The molecule has 1 aliphatic heterocycles. The molecule has 1 saturated carbocycles. The van der Waals surface area contributed by atoms with Crippen molar-refractivity contribution in [1.82, 2.24) is 0 Å². The second kappa shape index (κ2) is 4.02. The van der Waals surface area contributed by atoms with E-state index in [4.69, 9.17) is 4.74 Å². The van der Waals surface area contributed by atoms with Crippen LogP contribution in [0.25, 0.3) is 0 Å². The van der Waals surface area contributed by atoms with Gasteiger partial charge in [-0.2, -0.15) is 0 Å². The van der Waals surface area contributed by atoms with Crippen LogP contribution in [0.4, 0.5) is 0 Å². The van der Waals surface area contributed by atoms with E-state index in [1.54, 1.807) is 0 Å². The van der Waals surface area contributed by atoms with Gasteiger partial charge in [-0.15, -0.1) is 0 Å². The topological polar surface area (TPSA) is 29.5 Å². The van der Waals surface area contributed by atoms with Crippen molar-refractivity contribution in [3.8, 4) is 5.75 Å². The Morgan fingerprint density at radius 2 is 2.24 bits per heavy atom. The highest BCUT2D eigenvalue weighted by atomic mass is 16.5. The molecule has 1 N–H and O–H groups in total. The van der Waals surface area contributed by atoms with Crippen LogP contribution in [0.15, 0.2) is 18.2 Å². The summed E-state index contributed by atoms with van der Waals surface area (Å²) in [7, 11) is 0. The van der Waals surface area contributed by atoms with Gasteiger partial charge in [-0.05, 0) is 24.8 Å². The number of fused-ring (bicyclic) bond motifs is 1. The van der Waals surface area contributed by atoms with E-state index in [2.05, 4.69) is 6.07 Å². The van der Waals surface area contributed by atoms with Crippen molar-refractivity contribution in [3.63, 3.8) is 0 Å². The molecular formula is C15H20O2. The van der Waals surface area contributed by atoms with Crippen LogP contribution in [-0.2, 0) is 12.0 Å². The number of hydrogen-bond acceptors (Lipinski definition) is 2. The van der Waals surface area contributed by atoms with Gasteiger partial charge in [-0.3, -0.25) is 0 Å². The lowest BCUT2D eigenvalue weighted by Crippen LogP contribution is -2.28. The van der Waals surface area contributed by atoms with Crippen molar-refractivity contribution in [2.75, 3.05) is 6.61 Å². The average molecular weight is 232 g/mol. The van der Waals surface area contributed by atoms with E-state index in [0.29, 0.717) is 5.92 Å². The van der Waals surface area contributed by atoms with Crippen molar-refractivity contribution in [2.45, 2.75) is 44.6 Å². The third-order valence-electron chi connectivity index (χ3n) is 4.21. The fraction of sp³-hybridized carbons (Fsp3) is 0.600. The third-order valence-corrected chi connectivity index (χ3v) is 4.21. The largest absolute Gasteiger partial charge is 0.493 e. The van der Waals surface area contributed by atoms with Gasteiger partial charge in [0.25, 0.3) is 0 Å². The zero-order chi connectivity index (χ0) is 11.9. The second-order valence-corrected chi connectivity index (χ2v) is 5.67. The molecule has 0 amide bonds. The maximum Gasteiger partial charge on any atom is 0.128 e. The molecule has 1 heterocycles. The Kier molecular flexibility index (Phi) is 2.62. The minimum Gasteiger partial charge on any atom is -0.493 e. The highest BCUT2D eigenvalue weighted by Gasteiger charge is 2.34. The van der Waals surface area contributed by atoms with Crippen molar-refractivity contribution in [3.05, 3.63) is 29.3 Å². The Balaban J connectivity index is 1.89. The average Bonchev–Trinajstić information content (AvgIpc) is 2.71. The predicted molar refractivity (Wildman–Crippen MR) is 67.2 cm³/mol. The Bertz CT molecular complexity index is 419. The molecule has 1 aromatic rings.